The maximum absolute atomic E-state index is 11.9. The molecule has 1 amide bonds. The van der Waals surface area contributed by atoms with Crippen LogP contribution in [-0.2, 0) is 11.3 Å². The lowest BCUT2D eigenvalue weighted by molar-refractivity contribution is -0.116. The first-order chi connectivity index (χ1) is 11.5. The van der Waals surface area contributed by atoms with Gasteiger partial charge in [-0.05, 0) is 65.7 Å². The lowest BCUT2D eigenvalue weighted by atomic mass is 10.2. The summed E-state index contributed by atoms with van der Waals surface area (Å²) in [4.78, 5) is 13.0. The van der Waals surface area contributed by atoms with E-state index < -0.39 is 0 Å². The van der Waals surface area contributed by atoms with E-state index in [9.17, 15) is 4.79 Å². The van der Waals surface area contributed by atoms with Crippen molar-refractivity contribution in [2.24, 2.45) is 0 Å². The number of ether oxygens (including phenoxy) is 2. The Hall–Kier alpha value is -1.79. The molecule has 0 aliphatic carbocycles. The Labute approximate surface area is 154 Å². The predicted molar refractivity (Wildman–Crippen MR) is 102 cm³/mol. The highest BCUT2D eigenvalue weighted by atomic mass is 79.9. The van der Waals surface area contributed by atoms with Crippen LogP contribution in [0.15, 0.2) is 40.2 Å². The number of benzene rings is 1. The van der Waals surface area contributed by atoms with Gasteiger partial charge in [-0.3, -0.25) is 4.79 Å². The Morgan fingerprint density at radius 2 is 2.08 bits per heavy atom. The van der Waals surface area contributed by atoms with Gasteiger partial charge >= 0.3 is 0 Å². The minimum absolute atomic E-state index is 0.0726. The van der Waals surface area contributed by atoms with Gasteiger partial charge in [-0.2, -0.15) is 0 Å². The first-order valence-corrected chi connectivity index (χ1v) is 9.13. The summed E-state index contributed by atoms with van der Waals surface area (Å²) in [6.45, 7) is 4.44. The van der Waals surface area contributed by atoms with Gasteiger partial charge in [0.1, 0.15) is 0 Å². The summed E-state index contributed by atoms with van der Waals surface area (Å²) < 4.78 is 12.1. The molecule has 2 aromatic rings. The third-order valence-electron chi connectivity index (χ3n) is 3.04. The van der Waals surface area contributed by atoms with Gasteiger partial charge in [-0.25, -0.2) is 0 Å². The van der Waals surface area contributed by atoms with Gasteiger partial charge in [-0.1, -0.05) is 6.07 Å². The van der Waals surface area contributed by atoms with Crippen molar-refractivity contribution < 1.29 is 14.3 Å². The molecule has 0 atom stereocenters. The fourth-order valence-corrected chi connectivity index (χ4v) is 3.41. The van der Waals surface area contributed by atoms with Crippen LogP contribution in [0, 0.1) is 0 Å². The number of thiophene rings is 1. The number of hydrogen-bond donors (Lipinski definition) is 1. The van der Waals surface area contributed by atoms with Crippen molar-refractivity contribution in [3.05, 3.63) is 50.6 Å². The number of carbonyl (C=O) groups excluding carboxylic acids is 1. The highest BCUT2D eigenvalue weighted by Gasteiger charge is 2.07. The maximum atomic E-state index is 11.9. The second kappa shape index (κ2) is 8.89. The maximum Gasteiger partial charge on any atom is 0.244 e. The molecule has 128 valence electrons. The Kier molecular flexibility index (Phi) is 6.87. The van der Waals surface area contributed by atoms with Gasteiger partial charge in [0.15, 0.2) is 11.5 Å². The molecule has 0 bridgehead atoms. The average Bonchev–Trinajstić information content (AvgIpc) is 2.97. The number of hydrogen-bond acceptors (Lipinski definition) is 4. The molecule has 1 N–H and O–H groups in total. The quantitative estimate of drug-likeness (QED) is 0.677. The van der Waals surface area contributed by atoms with E-state index in [4.69, 9.17) is 9.47 Å². The molecule has 24 heavy (non-hydrogen) atoms. The number of amides is 1. The van der Waals surface area contributed by atoms with Crippen LogP contribution in [0.2, 0.25) is 0 Å². The van der Waals surface area contributed by atoms with Crippen LogP contribution in [0.4, 0.5) is 0 Å². The van der Waals surface area contributed by atoms with Crippen molar-refractivity contribution in [3.63, 3.8) is 0 Å². The molecule has 6 heteroatoms. The second-order valence-electron chi connectivity index (χ2n) is 5.33. The zero-order chi connectivity index (χ0) is 17.5. The van der Waals surface area contributed by atoms with Crippen LogP contribution >= 0.6 is 27.3 Å². The minimum Gasteiger partial charge on any atom is -0.493 e. The predicted octanol–water partition coefficient (Wildman–Crippen LogP) is 4.64. The molecular formula is C18H20BrNO3S. The van der Waals surface area contributed by atoms with E-state index in [1.807, 2.05) is 44.2 Å². The van der Waals surface area contributed by atoms with Crippen molar-refractivity contribution in [1.29, 1.82) is 0 Å². The van der Waals surface area contributed by atoms with Gasteiger partial charge in [0, 0.05) is 11.0 Å². The first-order valence-electron chi connectivity index (χ1n) is 7.52. The van der Waals surface area contributed by atoms with Gasteiger partial charge in [0.25, 0.3) is 0 Å². The van der Waals surface area contributed by atoms with Crippen molar-refractivity contribution in [2.75, 3.05) is 7.11 Å². The highest BCUT2D eigenvalue weighted by molar-refractivity contribution is 9.11. The lowest BCUT2D eigenvalue weighted by Gasteiger charge is -2.13. The zero-order valence-electron chi connectivity index (χ0n) is 13.8. The topological polar surface area (TPSA) is 47.6 Å². The van der Waals surface area contributed by atoms with Crippen molar-refractivity contribution >= 4 is 39.2 Å². The third-order valence-corrected chi connectivity index (χ3v) is 4.67. The Morgan fingerprint density at radius 3 is 2.71 bits per heavy atom. The van der Waals surface area contributed by atoms with E-state index in [0.717, 1.165) is 14.2 Å². The van der Waals surface area contributed by atoms with E-state index in [0.29, 0.717) is 18.0 Å². The van der Waals surface area contributed by atoms with E-state index in [-0.39, 0.29) is 12.0 Å². The smallest absolute Gasteiger partial charge is 0.244 e. The first kappa shape index (κ1) is 18.5. The number of halogens is 1. The highest BCUT2D eigenvalue weighted by Crippen LogP contribution is 2.29. The largest absolute Gasteiger partial charge is 0.493 e. The van der Waals surface area contributed by atoms with Crippen molar-refractivity contribution in [3.8, 4) is 11.5 Å². The molecule has 0 aliphatic rings. The van der Waals surface area contributed by atoms with Gasteiger partial charge in [0.05, 0.1) is 23.5 Å². The van der Waals surface area contributed by atoms with Crippen LogP contribution in [0.25, 0.3) is 6.08 Å². The minimum atomic E-state index is -0.138. The van der Waals surface area contributed by atoms with Crippen LogP contribution in [-0.4, -0.2) is 19.1 Å². The molecular weight excluding hydrogens is 390 g/mol. The fraction of sp³-hybridized carbons (Fsp3) is 0.278. The zero-order valence-corrected chi connectivity index (χ0v) is 16.2. The number of rotatable bonds is 7. The third kappa shape index (κ3) is 5.69. The van der Waals surface area contributed by atoms with E-state index >= 15 is 0 Å². The van der Waals surface area contributed by atoms with Crippen molar-refractivity contribution in [1.82, 2.24) is 5.32 Å². The second-order valence-corrected chi connectivity index (χ2v) is 7.88. The van der Waals surface area contributed by atoms with E-state index in [1.54, 1.807) is 24.5 Å². The van der Waals surface area contributed by atoms with Crippen molar-refractivity contribution in [2.45, 2.75) is 26.5 Å². The summed E-state index contributed by atoms with van der Waals surface area (Å²) in [5.41, 5.74) is 0.872. The van der Waals surface area contributed by atoms with E-state index in [1.165, 1.54) is 6.08 Å². The Bertz CT molecular complexity index is 725. The van der Waals surface area contributed by atoms with Crippen LogP contribution < -0.4 is 14.8 Å². The molecule has 0 saturated heterocycles. The standard InChI is InChI=1S/C18H20BrNO3S/c1-12(2)23-15-7-4-13(10-16(15)22-3)5-9-18(21)20-11-14-6-8-17(19)24-14/h4-10,12H,11H2,1-3H3,(H,20,21)/b9-5+. The molecule has 0 fully saturated rings. The molecule has 4 nitrogen and oxygen atoms in total. The number of carbonyl (C=O) groups is 1. The number of nitrogens with one attached hydrogen (secondary N) is 1. The molecule has 0 unspecified atom stereocenters. The molecule has 1 aromatic carbocycles. The molecule has 0 aliphatic heterocycles. The Balaban J connectivity index is 1.96. The van der Waals surface area contributed by atoms with Gasteiger partial charge in [0.2, 0.25) is 5.91 Å². The van der Waals surface area contributed by atoms with Gasteiger partial charge < -0.3 is 14.8 Å². The van der Waals surface area contributed by atoms with Crippen LogP contribution in [0.1, 0.15) is 24.3 Å². The monoisotopic (exact) mass is 409 g/mol. The molecule has 0 radical (unpaired) electrons. The van der Waals surface area contributed by atoms with Crippen LogP contribution in [0.5, 0.6) is 11.5 Å². The molecule has 1 heterocycles. The lowest BCUT2D eigenvalue weighted by Crippen LogP contribution is -2.19. The summed E-state index contributed by atoms with van der Waals surface area (Å²) >= 11 is 5.01. The molecule has 1 aromatic heterocycles. The summed E-state index contributed by atoms with van der Waals surface area (Å²) in [6, 6.07) is 9.53. The SMILES string of the molecule is COc1cc(/C=C/C(=O)NCc2ccc(Br)s2)ccc1OC(C)C. The van der Waals surface area contributed by atoms with Gasteiger partial charge in [-0.15, -0.1) is 11.3 Å². The number of methoxy groups -OCH3 is 1. The summed E-state index contributed by atoms with van der Waals surface area (Å²) in [6.07, 6.45) is 3.34. The normalized spacial score (nSPS) is 11.0. The fourth-order valence-electron chi connectivity index (χ4n) is 1.99. The summed E-state index contributed by atoms with van der Waals surface area (Å²) in [5, 5.41) is 2.86. The molecule has 2 rings (SSSR count). The van der Waals surface area contributed by atoms with Crippen LogP contribution in [0.3, 0.4) is 0 Å². The summed E-state index contributed by atoms with van der Waals surface area (Å²) in [7, 11) is 1.60. The summed E-state index contributed by atoms with van der Waals surface area (Å²) in [5.74, 6) is 1.20. The average molecular weight is 410 g/mol. The van der Waals surface area contributed by atoms with E-state index in [2.05, 4.69) is 21.2 Å². The Morgan fingerprint density at radius 1 is 1.29 bits per heavy atom. The molecule has 0 spiro atoms. The molecule has 0 saturated carbocycles.